The molecule has 0 bridgehead atoms. The molecule has 0 aliphatic carbocycles. The maximum Gasteiger partial charge on any atom is 3.00 e. The van der Waals surface area contributed by atoms with E-state index in [-0.39, 0.29) is 72.8 Å². The fourth-order valence-electron chi connectivity index (χ4n) is 0.486. The maximum absolute atomic E-state index is 3.10. The van der Waals surface area contributed by atoms with Gasteiger partial charge in [-0.15, -0.1) is 0 Å². The predicted molar refractivity (Wildman–Crippen MR) is 43.7 cm³/mol. The van der Waals surface area contributed by atoms with Gasteiger partial charge in [0, 0.05) is 32.7 Å². The Kier molecular flexibility index (Phi) is 37.5. The minimum Gasteiger partial charge on any atom is -0.501 e. The van der Waals surface area contributed by atoms with Gasteiger partial charge in [0.05, 0.1) is 0 Å². The summed E-state index contributed by atoms with van der Waals surface area (Å²) in [4.78, 5) is 0. The summed E-state index contributed by atoms with van der Waals surface area (Å²) >= 11 is 0. The first-order chi connectivity index (χ1) is 3.81. The smallest absolute Gasteiger partial charge is 0.501 e. The van der Waals surface area contributed by atoms with E-state index < -0.39 is 0 Å². The summed E-state index contributed by atoms with van der Waals surface area (Å²) in [5.41, 5.74) is 1.36. The number of allylic oxidation sites excluding steroid dienone is 2. The van der Waals surface area contributed by atoms with E-state index in [2.05, 4.69) is 26.3 Å². The molecule has 0 aromatic carbocycles. The van der Waals surface area contributed by atoms with Gasteiger partial charge in [-0.2, -0.15) is 20.3 Å². The van der Waals surface area contributed by atoms with Gasteiger partial charge in [0.25, 0.3) is 0 Å². The van der Waals surface area contributed by atoms with Crippen LogP contribution in [0.3, 0.4) is 0 Å². The topological polar surface area (TPSA) is 0 Å². The molecule has 0 heterocycles. The minimum atomic E-state index is 0. The monoisotopic (exact) mass is 303 g/mol. The molecule has 0 saturated heterocycles. The van der Waals surface area contributed by atoms with E-state index in [1.807, 2.05) is 6.92 Å². The van der Waals surface area contributed by atoms with Gasteiger partial charge in [-0.3, -0.25) is 5.57 Å². The van der Waals surface area contributed by atoms with Crippen LogP contribution in [-0.4, -0.2) is 0 Å². The van der Waals surface area contributed by atoms with E-state index in [0.29, 0.717) is 0 Å². The average Bonchev–Trinajstić information content (AvgIpc) is 1.83. The molecule has 0 atom stereocenters. The van der Waals surface area contributed by atoms with Crippen LogP contribution >= 0.6 is 0 Å². The van der Waals surface area contributed by atoms with E-state index in [1.54, 1.807) is 0 Å². The quantitative estimate of drug-likeness (QED) is 0.702. The molecule has 0 unspecified atom stereocenters. The average molecular weight is 303 g/mol. The first kappa shape index (κ1) is 23.1. The second-order valence-electron chi connectivity index (χ2n) is 1.98. The van der Waals surface area contributed by atoms with Crippen molar-refractivity contribution in [1.82, 2.24) is 0 Å². The molecular weight excluding hydrogens is 286 g/mol. The molecule has 0 aromatic rings. The van der Waals surface area contributed by atoms with Crippen molar-refractivity contribution in [1.29, 1.82) is 0 Å². The van der Waals surface area contributed by atoms with E-state index in [4.69, 9.17) is 0 Å². The minimum absolute atomic E-state index is 0. The standard InChI is InChI=1S/C8H14.CH3.2Y/c1-4-6-7-8(3)5-2;;;/h4H,6-7H2,1-3H3;1H3;;/q-2;-1;;+3. The van der Waals surface area contributed by atoms with Gasteiger partial charge in [0.1, 0.15) is 0 Å². The first-order valence-corrected chi connectivity index (χ1v) is 3.09. The van der Waals surface area contributed by atoms with Gasteiger partial charge in [0.15, 0.2) is 0 Å². The summed E-state index contributed by atoms with van der Waals surface area (Å²) in [6.07, 6.45) is 7.64. The summed E-state index contributed by atoms with van der Waals surface area (Å²) in [6, 6.07) is 0. The molecule has 59 valence electrons. The van der Waals surface area contributed by atoms with Crippen molar-refractivity contribution in [2.24, 2.45) is 0 Å². The van der Waals surface area contributed by atoms with Crippen molar-refractivity contribution < 1.29 is 65.4 Å². The molecule has 0 fully saturated rings. The molecule has 0 amide bonds. The van der Waals surface area contributed by atoms with Gasteiger partial charge >= 0.3 is 32.7 Å². The SMILES string of the molecule is C[C-]=C(C)CC[CH-]C.[CH3-].[Y+3].[Y]. The second-order valence-corrected chi connectivity index (χ2v) is 1.98. The molecule has 2 heteroatoms. The predicted octanol–water partition coefficient (Wildman–Crippen LogP) is 3.21. The van der Waals surface area contributed by atoms with Crippen LogP contribution in [0.5, 0.6) is 0 Å². The van der Waals surface area contributed by atoms with E-state index in [0.717, 1.165) is 0 Å². The van der Waals surface area contributed by atoms with Crippen LogP contribution in [0.4, 0.5) is 0 Å². The van der Waals surface area contributed by atoms with Gasteiger partial charge < -0.3 is 19.9 Å². The van der Waals surface area contributed by atoms with Gasteiger partial charge in [0.2, 0.25) is 0 Å². The van der Waals surface area contributed by atoms with Crippen LogP contribution in [0.15, 0.2) is 5.57 Å². The third-order valence-electron chi connectivity index (χ3n) is 1.23. The zero-order valence-electron chi connectivity index (χ0n) is 8.15. The summed E-state index contributed by atoms with van der Waals surface area (Å²) in [7, 11) is 0. The zero-order valence-corrected chi connectivity index (χ0v) is 13.8. The third kappa shape index (κ3) is 18.7. The number of hydrogen-bond acceptors (Lipinski definition) is 0. The molecule has 0 N–H and O–H groups in total. The van der Waals surface area contributed by atoms with Crippen LogP contribution in [0.25, 0.3) is 0 Å². The van der Waals surface area contributed by atoms with E-state index in [1.165, 1.54) is 18.4 Å². The Morgan fingerprint density at radius 1 is 1.45 bits per heavy atom. The fourth-order valence-corrected chi connectivity index (χ4v) is 0.486. The summed E-state index contributed by atoms with van der Waals surface area (Å²) in [6.45, 7) is 6.16. The maximum atomic E-state index is 3.10. The molecule has 0 aliphatic rings. The number of rotatable bonds is 3. The molecule has 0 saturated carbocycles. The Morgan fingerprint density at radius 2 is 1.91 bits per heavy atom. The Labute approximate surface area is 123 Å². The Bertz CT molecular complexity index is 77.6. The van der Waals surface area contributed by atoms with Crippen molar-refractivity contribution in [3.05, 3.63) is 25.5 Å². The third-order valence-corrected chi connectivity index (χ3v) is 1.23. The van der Waals surface area contributed by atoms with Gasteiger partial charge in [-0.25, -0.2) is 0 Å². The van der Waals surface area contributed by atoms with Gasteiger partial charge in [-0.1, -0.05) is 13.3 Å². The van der Waals surface area contributed by atoms with E-state index in [9.17, 15) is 0 Å². The molecular formula is C9H17Y2. The van der Waals surface area contributed by atoms with Crippen LogP contribution < -0.4 is 0 Å². The van der Waals surface area contributed by atoms with Crippen molar-refractivity contribution in [2.75, 3.05) is 0 Å². The number of hydrogen-bond donors (Lipinski definition) is 0. The fraction of sp³-hybridized carbons (Fsp3) is 0.556. The van der Waals surface area contributed by atoms with Gasteiger partial charge in [-0.05, 0) is 0 Å². The largest absolute Gasteiger partial charge is 3.00 e. The second kappa shape index (κ2) is 17.9. The zero-order chi connectivity index (χ0) is 6.41. The first-order valence-electron chi connectivity index (χ1n) is 3.09. The molecule has 1 radical (unpaired) electrons. The molecule has 0 spiro atoms. The summed E-state index contributed by atoms with van der Waals surface area (Å²) in [5.74, 6) is 0. The Morgan fingerprint density at radius 3 is 2.18 bits per heavy atom. The molecule has 0 rings (SSSR count). The van der Waals surface area contributed by atoms with Crippen LogP contribution in [-0.2, 0) is 65.4 Å². The molecule has 0 nitrogen and oxygen atoms in total. The van der Waals surface area contributed by atoms with Crippen LogP contribution in [0, 0.1) is 19.9 Å². The van der Waals surface area contributed by atoms with Crippen LogP contribution in [0.1, 0.15) is 33.6 Å². The normalized spacial score (nSPS) is 8.82. The molecule has 11 heavy (non-hydrogen) atoms. The number of unbranched alkanes of at least 4 members (excludes halogenated alkanes) is 1. The van der Waals surface area contributed by atoms with Crippen molar-refractivity contribution >= 4 is 0 Å². The molecule has 0 aromatic heterocycles. The van der Waals surface area contributed by atoms with E-state index >= 15 is 0 Å². The van der Waals surface area contributed by atoms with Crippen molar-refractivity contribution in [3.8, 4) is 0 Å². The molecule has 0 aliphatic heterocycles. The summed E-state index contributed by atoms with van der Waals surface area (Å²) in [5, 5.41) is 0. The van der Waals surface area contributed by atoms with Crippen molar-refractivity contribution in [3.63, 3.8) is 0 Å². The van der Waals surface area contributed by atoms with Crippen molar-refractivity contribution in [2.45, 2.75) is 33.6 Å². The summed E-state index contributed by atoms with van der Waals surface area (Å²) < 4.78 is 0. The van der Waals surface area contributed by atoms with Crippen LogP contribution in [0.2, 0.25) is 0 Å². The Hall–Kier alpha value is 1.95. The Balaban J connectivity index is -0.0000000817.